The lowest BCUT2D eigenvalue weighted by Crippen LogP contribution is -2.20. The summed E-state index contributed by atoms with van der Waals surface area (Å²) in [7, 11) is 0. The van der Waals surface area contributed by atoms with Crippen LogP contribution in [0.2, 0.25) is 0 Å². The van der Waals surface area contributed by atoms with Crippen LogP contribution in [0.5, 0.6) is 5.75 Å². The molecule has 1 heterocycles. The van der Waals surface area contributed by atoms with Crippen molar-refractivity contribution in [2.45, 2.75) is 33.2 Å². The molecule has 0 aliphatic carbocycles. The number of ether oxygens (including phenoxy) is 1. The van der Waals surface area contributed by atoms with Crippen molar-refractivity contribution >= 4 is 0 Å². The van der Waals surface area contributed by atoms with Crippen molar-refractivity contribution in [2.24, 2.45) is 0 Å². The van der Waals surface area contributed by atoms with Crippen molar-refractivity contribution in [3.63, 3.8) is 0 Å². The van der Waals surface area contributed by atoms with Gasteiger partial charge < -0.3 is 14.5 Å². The minimum Gasteiger partial charge on any atom is -0.492 e. The number of hydrogen-bond donors (Lipinski definition) is 1. The quantitative estimate of drug-likeness (QED) is 0.777. The second-order valence-corrected chi connectivity index (χ2v) is 5.30. The van der Waals surface area contributed by atoms with E-state index in [0.717, 1.165) is 24.6 Å². The molecule has 20 heavy (non-hydrogen) atoms. The zero-order chi connectivity index (χ0) is 14.4. The predicted molar refractivity (Wildman–Crippen MR) is 81.2 cm³/mol. The van der Waals surface area contributed by atoms with E-state index in [1.807, 2.05) is 12.1 Å². The zero-order valence-corrected chi connectivity index (χ0v) is 12.5. The van der Waals surface area contributed by atoms with Gasteiger partial charge in [-0.1, -0.05) is 26.0 Å². The van der Waals surface area contributed by atoms with Gasteiger partial charge in [0.25, 0.3) is 0 Å². The van der Waals surface area contributed by atoms with Gasteiger partial charge in [0.05, 0.1) is 12.8 Å². The average Bonchev–Trinajstić information content (AvgIpc) is 2.91. The van der Waals surface area contributed by atoms with Crippen LogP contribution in [-0.2, 0) is 6.54 Å². The van der Waals surface area contributed by atoms with Crippen LogP contribution in [0.1, 0.15) is 36.7 Å². The molecule has 0 bridgehead atoms. The molecule has 2 aromatic rings. The Balaban J connectivity index is 1.80. The van der Waals surface area contributed by atoms with Crippen LogP contribution in [0, 0.1) is 6.92 Å². The zero-order valence-electron chi connectivity index (χ0n) is 12.5. The van der Waals surface area contributed by atoms with Gasteiger partial charge in [-0.3, -0.25) is 0 Å². The predicted octanol–water partition coefficient (Wildman–Crippen LogP) is 3.88. The van der Waals surface area contributed by atoms with Crippen molar-refractivity contribution in [2.75, 3.05) is 13.2 Å². The summed E-state index contributed by atoms with van der Waals surface area (Å²) < 4.78 is 11.2. The molecule has 1 N–H and O–H groups in total. The van der Waals surface area contributed by atoms with E-state index in [4.69, 9.17) is 9.15 Å². The van der Waals surface area contributed by atoms with Gasteiger partial charge in [0.2, 0.25) is 0 Å². The number of rotatable bonds is 7. The Morgan fingerprint density at radius 2 is 2.10 bits per heavy atom. The number of benzene rings is 1. The monoisotopic (exact) mass is 273 g/mol. The first-order chi connectivity index (χ1) is 9.66. The minimum atomic E-state index is 0.474. The summed E-state index contributed by atoms with van der Waals surface area (Å²) in [6.45, 7) is 8.66. The van der Waals surface area contributed by atoms with E-state index in [0.29, 0.717) is 12.5 Å². The fourth-order valence-corrected chi connectivity index (χ4v) is 2.10. The summed E-state index contributed by atoms with van der Waals surface area (Å²) >= 11 is 0. The van der Waals surface area contributed by atoms with E-state index < -0.39 is 0 Å². The third-order valence-corrected chi connectivity index (χ3v) is 3.21. The Bertz CT molecular complexity index is 518. The minimum absolute atomic E-state index is 0.474. The van der Waals surface area contributed by atoms with E-state index in [2.05, 4.69) is 44.3 Å². The van der Waals surface area contributed by atoms with Gasteiger partial charge in [0, 0.05) is 6.54 Å². The molecule has 3 heteroatoms. The second kappa shape index (κ2) is 7.15. The van der Waals surface area contributed by atoms with Crippen molar-refractivity contribution in [1.29, 1.82) is 0 Å². The maximum atomic E-state index is 5.91. The molecular formula is C17H23NO2. The van der Waals surface area contributed by atoms with Gasteiger partial charge in [0.1, 0.15) is 18.1 Å². The summed E-state index contributed by atoms with van der Waals surface area (Å²) in [4.78, 5) is 0. The number of hydrogen-bond acceptors (Lipinski definition) is 3. The molecule has 108 valence electrons. The second-order valence-electron chi connectivity index (χ2n) is 5.30. The fraction of sp³-hybridized carbons (Fsp3) is 0.412. The third kappa shape index (κ3) is 4.14. The molecule has 1 aromatic heterocycles. The lowest BCUT2D eigenvalue weighted by atomic mass is 10.0. The van der Waals surface area contributed by atoms with Gasteiger partial charge in [-0.25, -0.2) is 0 Å². The van der Waals surface area contributed by atoms with Crippen LogP contribution in [0.15, 0.2) is 41.0 Å². The molecule has 0 radical (unpaired) electrons. The molecule has 0 unspecified atom stereocenters. The molecule has 0 amide bonds. The Hall–Kier alpha value is -1.74. The maximum absolute atomic E-state index is 5.91. The lowest BCUT2D eigenvalue weighted by Gasteiger charge is -2.15. The largest absolute Gasteiger partial charge is 0.492 e. The van der Waals surface area contributed by atoms with Crippen molar-refractivity contribution in [1.82, 2.24) is 5.32 Å². The normalized spacial score (nSPS) is 11.0. The van der Waals surface area contributed by atoms with Crippen LogP contribution in [0.4, 0.5) is 0 Å². The van der Waals surface area contributed by atoms with Gasteiger partial charge in [0.15, 0.2) is 0 Å². The van der Waals surface area contributed by atoms with Crippen LogP contribution < -0.4 is 10.1 Å². The smallest absolute Gasteiger partial charge is 0.123 e. The molecule has 1 aromatic carbocycles. The Morgan fingerprint density at radius 3 is 2.80 bits per heavy atom. The van der Waals surface area contributed by atoms with Gasteiger partial charge >= 0.3 is 0 Å². The van der Waals surface area contributed by atoms with Crippen LogP contribution in [-0.4, -0.2) is 13.2 Å². The number of furan rings is 1. The number of nitrogens with one attached hydrogen (secondary N) is 1. The highest BCUT2D eigenvalue weighted by Crippen LogP contribution is 2.27. The van der Waals surface area contributed by atoms with E-state index in [1.165, 1.54) is 11.1 Å². The molecule has 2 rings (SSSR count). The topological polar surface area (TPSA) is 34.4 Å². The first kappa shape index (κ1) is 14.7. The highest BCUT2D eigenvalue weighted by Gasteiger charge is 2.07. The Morgan fingerprint density at radius 1 is 1.25 bits per heavy atom. The molecular weight excluding hydrogens is 250 g/mol. The standard InChI is InChI=1S/C17H23NO2/c1-13(2)16-7-6-14(3)11-17(16)20-10-8-18-12-15-5-4-9-19-15/h4-7,9,11,13,18H,8,10,12H2,1-3H3. The molecule has 3 nitrogen and oxygen atoms in total. The molecule has 0 spiro atoms. The molecule has 0 aliphatic heterocycles. The van der Waals surface area contributed by atoms with E-state index in [9.17, 15) is 0 Å². The Labute approximate surface area is 121 Å². The third-order valence-electron chi connectivity index (χ3n) is 3.21. The molecule has 0 fully saturated rings. The first-order valence-corrected chi connectivity index (χ1v) is 7.13. The summed E-state index contributed by atoms with van der Waals surface area (Å²) in [5.41, 5.74) is 2.49. The average molecular weight is 273 g/mol. The fourth-order valence-electron chi connectivity index (χ4n) is 2.10. The van der Waals surface area contributed by atoms with E-state index in [-0.39, 0.29) is 0 Å². The van der Waals surface area contributed by atoms with Crippen molar-refractivity contribution in [3.05, 3.63) is 53.5 Å². The van der Waals surface area contributed by atoms with Gasteiger partial charge in [-0.2, -0.15) is 0 Å². The van der Waals surface area contributed by atoms with Crippen LogP contribution in [0.3, 0.4) is 0 Å². The van der Waals surface area contributed by atoms with E-state index in [1.54, 1.807) is 6.26 Å². The highest BCUT2D eigenvalue weighted by molar-refractivity contribution is 5.39. The summed E-state index contributed by atoms with van der Waals surface area (Å²) in [5, 5.41) is 3.30. The van der Waals surface area contributed by atoms with Crippen molar-refractivity contribution in [3.8, 4) is 5.75 Å². The summed E-state index contributed by atoms with van der Waals surface area (Å²) in [6.07, 6.45) is 1.69. The molecule has 0 aliphatic rings. The summed E-state index contributed by atoms with van der Waals surface area (Å²) in [6, 6.07) is 10.3. The number of aryl methyl sites for hydroxylation is 1. The Kier molecular flexibility index (Phi) is 5.24. The molecule has 0 saturated heterocycles. The highest BCUT2D eigenvalue weighted by atomic mass is 16.5. The van der Waals surface area contributed by atoms with Crippen LogP contribution in [0.25, 0.3) is 0 Å². The van der Waals surface area contributed by atoms with Crippen LogP contribution >= 0.6 is 0 Å². The van der Waals surface area contributed by atoms with Gasteiger partial charge in [-0.05, 0) is 42.2 Å². The summed E-state index contributed by atoms with van der Waals surface area (Å²) in [5.74, 6) is 2.42. The molecule has 0 atom stereocenters. The molecule has 0 saturated carbocycles. The first-order valence-electron chi connectivity index (χ1n) is 7.13. The maximum Gasteiger partial charge on any atom is 0.123 e. The van der Waals surface area contributed by atoms with Crippen molar-refractivity contribution < 1.29 is 9.15 Å². The lowest BCUT2D eigenvalue weighted by molar-refractivity contribution is 0.306. The van der Waals surface area contributed by atoms with Gasteiger partial charge in [-0.15, -0.1) is 0 Å². The van der Waals surface area contributed by atoms with E-state index >= 15 is 0 Å². The SMILES string of the molecule is Cc1ccc(C(C)C)c(OCCNCc2ccco2)c1.